The number of halogens is 1. The predicted octanol–water partition coefficient (Wildman–Crippen LogP) is 3.65. The zero-order chi connectivity index (χ0) is 20.1. The standard InChI is InChI=1S/C21H27IO5/c1-6-11(2)18(24)27-17-16-13(4)19(25)26-14(16)9-12(3)21(10-22)8-7-15(23)20(17,21)5/h6-8,12-14,16-17H,9-10H2,1-5H3/b11-6+/t12-,13+,14-,16-,17+,20+,21-/m1/s1. The molecule has 0 radical (unpaired) electrons. The number of alkyl halides is 1. The van der Waals surface area contributed by atoms with Crippen LogP contribution < -0.4 is 0 Å². The molecule has 0 N–H and O–H groups in total. The Hall–Kier alpha value is -1.18. The molecule has 3 aliphatic rings. The number of ether oxygens (including phenoxy) is 2. The summed E-state index contributed by atoms with van der Waals surface area (Å²) in [6.45, 7) is 9.30. The second kappa shape index (κ2) is 7.01. The van der Waals surface area contributed by atoms with E-state index in [1.54, 1.807) is 26.0 Å². The van der Waals surface area contributed by atoms with Crippen molar-refractivity contribution in [3.8, 4) is 0 Å². The van der Waals surface area contributed by atoms with Crippen LogP contribution in [-0.4, -0.2) is 34.4 Å². The highest BCUT2D eigenvalue weighted by Gasteiger charge is 2.68. The fraction of sp³-hybridized carbons (Fsp3) is 0.667. The molecule has 3 rings (SSSR count). The van der Waals surface area contributed by atoms with Crippen LogP contribution in [0.2, 0.25) is 0 Å². The molecule has 1 heterocycles. The van der Waals surface area contributed by atoms with Gasteiger partial charge in [0.25, 0.3) is 0 Å². The zero-order valence-corrected chi connectivity index (χ0v) is 18.6. The van der Waals surface area contributed by atoms with Crippen molar-refractivity contribution in [1.29, 1.82) is 0 Å². The van der Waals surface area contributed by atoms with Crippen LogP contribution >= 0.6 is 22.6 Å². The van der Waals surface area contributed by atoms with Crippen LogP contribution in [0.4, 0.5) is 0 Å². The monoisotopic (exact) mass is 486 g/mol. The van der Waals surface area contributed by atoms with E-state index < -0.39 is 28.8 Å². The topological polar surface area (TPSA) is 69.7 Å². The Balaban J connectivity index is 2.17. The summed E-state index contributed by atoms with van der Waals surface area (Å²) in [6.07, 6.45) is 4.95. The molecule has 0 amide bonds. The maximum Gasteiger partial charge on any atom is 0.333 e. The van der Waals surface area contributed by atoms with Gasteiger partial charge >= 0.3 is 11.9 Å². The van der Waals surface area contributed by atoms with Crippen LogP contribution in [0.3, 0.4) is 0 Å². The highest BCUT2D eigenvalue weighted by molar-refractivity contribution is 14.1. The third-order valence-electron chi connectivity index (χ3n) is 7.25. The molecule has 1 saturated carbocycles. The molecule has 0 spiro atoms. The van der Waals surface area contributed by atoms with E-state index >= 15 is 0 Å². The number of carbonyl (C=O) groups is 3. The fourth-order valence-electron chi connectivity index (χ4n) is 5.14. The highest BCUT2D eigenvalue weighted by Crippen LogP contribution is 2.62. The van der Waals surface area contributed by atoms with Gasteiger partial charge in [-0.1, -0.05) is 48.6 Å². The lowest BCUT2D eigenvalue weighted by Crippen LogP contribution is -2.56. The summed E-state index contributed by atoms with van der Waals surface area (Å²) in [5, 5.41) is 0. The maximum atomic E-state index is 13.2. The summed E-state index contributed by atoms with van der Waals surface area (Å²) in [7, 11) is 0. The SMILES string of the molecule is C/C=C(\C)C(=O)O[C@H]1[C@@H]2[C@H](C)C(=O)O[C@@H]2C[C@@H](C)[C@]2(CI)C=CC(=O)[C@@]12C. The van der Waals surface area contributed by atoms with Gasteiger partial charge in [0.1, 0.15) is 12.2 Å². The number of esters is 2. The Bertz CT molecular complexity index is 741. The lowest BCUT2D eigenvalue weighted by Gasteiger charge is -2.48. The van der Waals surface area contributed by atoms with Crippen LogP contribution in [0.15, 0.2) is 23.8 Å². The van der Waals surface area contributed by atoms with Gasteiger partial charge in [0, 0.05) is 21.3 Å². The molecular weight excluding hydrogens is 459 g/mol. The van der Waals surface area contributed by atoms with Gasteiger partial charge in [-0.3, -0.25) is 9.59 Å². The minimum atomic E-state index is -0.918. The van der Waals surface area contributed by atoms with Crippen LogP contribution in [0, 0.1) is 28.6 Å². The first-order chi connectivity index (χ1) is 12.6. The van der Waals surface area contributed by atoms with Crippen LogP contribution in [0.25, 0.3) is 0 Å². The van der Waals surface area contributed by atoms with Crippen molar-refractivity contribution in [3.05, 3.63) is 23.8 Å². The molecule has 0 aromatic rings. The zero-order valence-electron chi connectivity index (χ0n) is 16.5. The average Bonchev–Trinajstić information content (AvgIpc) is 3.04. The van der Waals surface area contributed by atoms with E-state index in [4.69, 9.17) is 9.47 Å². The van der Waals surface area contributed by atoms with Crippen molar-refractivity contribution >= 4 is 40.3 Å². The first kappa shape index (κ1) is 20.6. The van der Waals surface area contributed by atoms with Gasteiger partial charge in [0.2, 0.25) is 0 Å². The quantitative estimate of drug-likeness (QED) is 0.264. The van der Waals surface area contributed by atoms with Crippen LogP contribution in [-0.2, 0) is 23.9 Å². The number of carbonyl (C=O) groups excluding carboxylic acids is 3. The van der Waals surface area contributed by atoms with Crippen molar-refractivity contribution in [1.82, 2.24) is 0 Å². The van der Waals surface area contributed by atoms with E-state index in [2.05, 4.69) is 29.5 Å². The molecule has 0 bridgehead atoms. The molecule has 27 heavy (non-hydrogen) atoms. The van der Waals surface area contributed by atoms with Crippen LogP contribution in [0.1, 0.15) is 41.0 Å². The first-order valence-electron chi connectivity index (χ1n) is 9.48. The largest absolute Gasteiger partial charge is 0.462 e. The predicted molar refractivity (Wildman–Crippen MR) is 109 cm³/mol. The van der Waals surface area contributed by atoms with Crippen molar-refractivity contribution in [2.75, 3.05) is 4.43 Å². The van der Waals surface area contributed by atoms with Crippen molar-refractivity contribution in [2.45, 2.75) is 53.2 Å². The smallest absolute Gasteiger partial charge is 0.333 e. The first-order valence-corrected chi connectivity index (χ1v) is 11.0. The van der Waals surface area contributed by atoms with Gasteiger partial charge in [-0.15, -0.1) is 0 Å². The van der Waals surface area contributed by atoms with Gasteiger partial charge in [-0.2, -0.15) is 0 Å². The molecule has 7 atom stereocenters. The summed E-state index contributed by atoms with van der Waals surface area (Å²) in [5.41, 5.74) is -0.863. The summed E-state index contributed by atoms with van der Waals surface area (Å²) < 4.78 is 12.4. The third-order valence-corrected chi connectivity index (χ3v) is 8.51. The van der Waals surface area contributed by atoms with Gasteiger partial charge in [0.05, 0.1) is 11.3 Å². The minimum Gasteiger partial charge on any atom is -0.462 e. The van der Waals surface area contributed by atoms with E-state index in [0.717, 1.165) is 4.43 Å². The Kier molecular flexibility index (Phi) is 5.34. The molecule has 6 heteroatoms. The average molecular weight is 486 g/mol. The van der Waals surface area contributed by atoms with Gasteiger partial charge in [-0.25, -0.2) is 4.79 Å². The lowest BCUT2D eigenvalue weighted by atomic mass is 9.58. The second-order valence-corrected chi connectivity index (χ2v) is 9.11. The number of allylic oxidation sites excluding steroid dienone is 3. The Labute approximate surface area is 174 Å². The normalized spacial score (nSPS) is 43.8. The third kappa shape index (κ3) is 2.73. The van der Waals surface area contributed by atoms with Gasteiger partial charge in [0.15, 0.2) is 5.78 Å². The number of hydrogen-bond donors (Lipinski definition) is 0. The fourth-order valence-corrected chi connectivity index (χ4v) is 6.94. The Morgan fingerprint density at radius 1 is 1.41 bits per heavy atom. The lowest BCUT2D eigenvalue weighted by molar-refractivity contribution is -0.167. The van der Waals surface area contributed by atoms with Crippen molar-refractivity contribution in [3.63, 3.8) is 0 Å². The molecule has 0 unspecified atom stereocenters. The second-order valence-electron chi connectivity index (χ2n) is 8.35. The van der Waals surface area contributed by atoms with Crippen molar-refractivity contribution in [2.24, 2.45) is 28.6 Å². The van der Waals surface area contributed by atoms with E-state index in [1.165, 1.54) is 0 Å². The molecule has 5 nitrogen and oxygen atoms in total. The molecule has 148 valence electrons. The molecule has 2 aliphatic carbocycles. The number of ketones is 1. The van der Waals surface area contributed by atoms with Crippen molar-refractivity contribution < 1.29 is 23.9 Å². The van der Waals surface area contributed by atoms with Gasteiger partial charge in [-0.05, 0) is 39.2 Å². The molecule has 0 aromatic heterocycles. The molecule has 1 aliphatic heterocycles. The van der Waals surface area contributed by atoms with E-state index in [0.29, 0.717) is 12.0 Å². The Morgan fingerprint density at radius 2 is 2.07 bits per heavy atom. The minimum absolute atomic E-state index is 0.0332. The summed E-state index contributed by atoms with van der Waals surface area (Å²) in [4.78, 5) is 38.2. The van der Waals surface area contributed by atoms with E-state index in [9.17, 15) is 14.4 Å². The maximum absolute atomic E-state index is 13.2. The van der Waals surface area contributed by atoms with Crippen LogP contribution in [0.5, 0.6) is 0 Å². The van der Waals surface area contributed by atoms with Gasteiger partial charge < -0.3 is 9.47 Å². The number of hydrogen-bond acceptors (Lipinski definition) is 5. The molecular formula is C21H27IO5. The summed E-state index contributed by atoms with van der Waals surface area (Å²) in [5.74, 6) is -1.38. The summed E-state index contributed by atoms with van der Waals surface area (Å²) in [6, 6.07) is 0. The summed E-state index contributed by atoms with van der Waals surface area (Å²) >= 11 is 2.32. The molecule has 1 saturated heterocycles. The molecule has 0 aromatic carbocycles. The number of fused-ring (bicyclic) bond motifs is 2. The van der Waals surface area contributed by atoms with E-state index in [-0.39, 0.29) is 29.7 Å². The van der Waals surface area contributed by atoms with E-state index in [1.807, 2.05) is 19.9 Å². The Morgan fingerprint density at radius 3 is 2.67 bits per heavy atom. The molecule has 2 fully saturated rings. The number of rotatable bonds is 3. The highest BCUT2D eigenvalue weighted by atomic mass is 127.